The Morgan fingerprint density at radius 1 is 0.714 bits per heavy atom. The van der Waals surface area contributed by atoms with Gasteiger partial charge in [0.15, 0.2) is 0 Å². The fraction of sp³-hybridized carbons (Fsp3) is 0.370. The van der Waals surface area contributed by atoms with Crippen LogP contribution in [0.5, 0.6) is 0 Å². The van der Waals surface area contributed by atoms with Gasteiger partial charge < -0.3 is 0 Å². The fourth-order valence-corrected chi connectivity index (χ4v) is 4.17. The van der Waals surface area contributed by atoms with Gasteiger partial charge >= 0.3 is 26.2 Å². The molecule has 0 aliphatic heterocycles. The van der Waals surface area contributed by atoms with Crippen LogP contribution >= 0.6 is 0 Å². The summed E-state index contributed by atoms with van der Waals surface area (Å²) in [6, 6.07) is 19.3. The molecular weight excluding hydrogens is 416 g/mol. The van der Waals surface area contributed by atoms with Crippen LogP contribution in [-0.2, 0) is 26.2 Å². The summed E-state index contributed by atoms with van der Waals surface area (Å²) in [5, 5.41) is 5.39. The van der Waals surface area contributed by atoms with Crippen molar-refractivity contribution in [2.45, 2.75) is 48.0 Å². The Morgan fingerprint density at radius 2 is 1.21 bits per heavy atom. The third kappa shape index (κ3) is 4.80. The number of fused-ring (bicyclic) bond motifs is 3. The first-order chi connectivity index (χ1) is 12.9. The first-order valence-corrected chi connectivity index (χ1v) is 10.3. The molecule has 3 aromatic carbocycles. The molecule has 0 unspecified atom stereocenters. The van der Waals surface area contributed by atoms with E-state index in [0.29, 0.717) is 17.8 Å². The predicted octanol–water partition coefficient (Wildman–Crippen LogP) is 8.09. The van der Waals surface area contributed by atoms with E-state index in [9.17, 15) is 0 Å². The molecule has 0 spiro atoms. The molecule has 0 atom stereocenters. The van der Waals surface area contributed by atoms with Crippen molar-refractivity contribution in [3.8, 4) is 0 Å². The van der Waals surface area contributed by atoms with Crippen molar-refractivity contribution in [2.24, 2.45) is 17.8 Å². The van der Waals surface area contributed by atoms with Crippen molar-refractivity contribution >= 4 is 21.5 Å². The van der Waals surface area contributed by atoms with Crippen LogP contribution < -0.4 is 0 Å². The molecule has 0 bridgehead atoms. The third-order valence-corrected chi connectivity index (χ3v) is 5.48. The number of rotatable bonds is 3. The summed E-state index contributed by atoms with van der Waals surface area (Å²) in [5.74, 6) is 1.96. The Morgan fingerprint density at radius 3 is 1.64 bits per heavy atom. The maximum Gasteiger partial charge on any atom is 2.00 e. The Bertz CT molecular complexity index is 929. The molecule has 4 rings (SSSR count). The summed E-state index contributed by atoms with van der Waals surface area (Å²) in [6.07, 6.45) is 4.63. The van der Waals surface area contributed by atoms with Gasteiger partial charge in [-0.1, -0.05) is 89.8 Å². The van der Waals surface area contributed by atoms with Crippen molar-refractivity contribution in [3.05, 3.63) is 77.4 Å². The van der Waals surface area contributed by atoms with Gasteiger partial charge in [-0.05, 0) is 5.92 Å². The zero-order valence-electron chi connectivity index (χ0n) is 18.1. The molecule has 28 heavy (non-hydrogen) atoms. The van der Waals surface area contributed by atoms with Crippen molar-refractivity contribution in [1.29, 1.82) is 0 Å². The van der Waals surface area contributed by atoms with Crippen LogP contribution in [-0.4, -0.2) is 0 Å². The Balaban J connectivity index is 0.000000193. The first kappa shape index (κ1) is 23.0. The van der Waals surface area contributed by atoms with Crippen LogP contribution in [0.1, 0.15) is 48.0 Å². The van der Waals surface area contributed by atoms with Crippen molar-refractivity contribution in [3.63, 3.8) is 0 Å². The van der Waals surface area contributed by atoms with Crippen molar-refractivity contribution in [1.82, 2.24) is 0 Å². The molecule has 1 heteroatoms. The van der Waals surface area contributed by atoms with E-state index in [1.54, 1.807) is 11.1 Å². The molecule has 0 heterocycles. The summed E-state index contributed by atoms with van der Waals surface area (Å²) >= 11 is 0. The van der Waals surface area contributed by atoms with Crippen LogP contribution in [0.4, 0.5) is 0 Å². The Hall–Kier alpha value is -1.33. The fourth-order valence-electron chi connectivity index (χ4n) is 4.17. The number of hydrogen-bond acceptors (Lipinski definition) is 0. The van der Waals surface area contributed by atoms with Crippen LogP contribution in [0.25, 0.3) is 21.5 Å². The second-order valence-electron chi connectivity index (χ2n) is 8.49. The molecule has 0 nitrogen and oxygen atoms in total. The van der Waals surface area contributed by atoms with Gasteiger partial charge in [0.1, 0.15) is 0 Å². The van der Waals surface area contributed by atoms with Gasteiger partial charge in [-0.2, -0.15) is 11.1 Å². The van der Waals surface area contributed by atoms with Gasteiger partial charge in [-0.3, -0.25) is 6.08 Å². The molecule has 3 aromatic rings. The van der Waals surface area contributed by atoms with E-state index in [4.69, 9.17) is 0 Å². The minimum atomic E-state index is 0. The third-order valence-electron chi connectivity index (χ3n) is 5.48. The topological polar surface area (TPSA) is 0 Å². The molecule has 0 aromatic heterocycles. The van der Waals surface area contributed by atoms with Gasteiger partial charge in [0, 0.05) is 0 Å². The Labute approximate surface area is 190 Å². The van der Waals surface area contributed by atoms with Crippen molar-refractivity contribution in [2.75, 3.05) is 0 Å². The maximum atomic E-state index is 3.56. The summed E-state index contributed by atoms with van der Waals surface area (Å²) in [6.45, 7) is 13.7. The molecule has 1 aliphatic rings. The second kappa shape index (κ2) is 9.93. The average Bonchev–Trinajstić information content (AvgIpc) is 3.24. The molecule has 0 fully saturated rings. The zero-order valence-corrected chi connectivity index (χ0v) is 20.6. The van der Waals surface area contributed by atoms with E-state index in [1.165, 1.54) is 27.1 Å². The van der Waals surface area contributed by atoms with Crippen LogP contribution in [0.15, 0.2) is 71.3 Å². The van der Waals surface area contributed by atoms with Gasteiger partial charge in [-0.15, -0.1) is 46.2 Å². The predicted molar refractivity (Wildman–Crippen MR) is 120 cm³/mol. The Kier molecular flexibility index (Phi) is 8.14. The zero-order chi connectivity index (χ0) is 19.6. The monoisotopic (exact) mass is 446 g/mol. The molecule has 0 N–H and O–H groups in total. The van der Waals surface area contributed by atoms with E-state index in [0.717, 1.165) is 6.42 Å². The second-order valence-corrected chi connectivity index (χ2v) is 8.49. The molecular formula is C27H32Zr. The summed E-state index contributed by atoms with van der Waals surface area (Å²) in [4.78, 5) is 0. The summed E-state index contributed by atoms with van der Waals surface area (Å²) in [5.41, 5.74) is 4.68. The van der Waals surface area contributed by atoms with E-state index < -0.39 is 0 Å². The maximum absolute atomic E-state index is 3.56. The molecule has 144 valence electrons. The van der Waals surface area contributed by atoms with Gasteiger partial charge in [-0.25, -0.2) is 5.57 Å². The smallest absolute Gasteiger partial charge is 0.269 e. The van der Waals surface area contributed by atoms with E-state index in [1.807, 2.05) is 0 Å². The molecule has 0 amide bonds. The standard InChI is InChI=1S/C14H23.C13H9.Zr/c1-9(2)12-7-8-13(10(3)4)14(12)11(5)6;1-3-7-12-10(5-1)9-11-6-2-4-8-13(11)12;/h9-11H,7H2,1-6H3;1-9H;/q2*-1;+2. The minimum absolute atomic E-state index is 0. The normalized spacial score (nSPS) is 14.0. The molecule has 1 aliphatic carbocycles. The summed E-state index contributed by atoms with van der Waals surface area (Å²) in [7, 11) is 0. The molecule has 0 saturated heterocycles. The molecule has 0 radical (unpaired) electrons. The van der Waals surface area contributed by atoms with E-state index in [-0.39, 0.29) is 26.2 Å². The van der Waals surface area contributed by atoms with Gasteiger partial charge in [0.2, 0.25) is 0 Å². The average molecular weight is 448 g/mol. The number of hydrogen-bond donors (Lipinski definition) is 0. The van der Waals surface area contributed by atoms with Crippen LogP contribution in [0.2, 0.25) is 0 Å². The van der Waals surface area contributed by atoms with Crippen LogP contribution in [0.3, 0.4) is 0 Å². The number of benzene rings is 2. The SMILES string of the molecule is CC(C)C1=[C-]CC(C(C)C)=C1C(C)C.[Zr+2].c1ccc2c(c1)[cH-]c1ccccc12. The largest absolute Gasteiger partial charge is 2.00 e. The van der Waals surface area contributed by atoms with Gasteiger partial charge in [0.05, 0.1) is 0 Å². The molecule has 0 saturated carbocycles. The van der Waals surface area contributed by atoms with E-state index in [2.05, 4.69) is 102 Å². The minimum Gasteiger partial charge on any atom is -0.269 e. The van der Waals surface area contributed by atoms with Gasteiger partial charge in [0.25, 0.3) is 0 Å². The number of allylic oxidation sites excluding steroid dienone is 4. The van der Waals surface area contributed by atoms with Crippen LogP contribution in [0, 0.1) is 23.8 Å². The van der Waals surface area contributed by atoms with Crippen molar-refractivity contribution < 1.29 is 26.2 Å². The quantitative estimate of drug-likeness (QED) is 0.356. The van der Waals surface area contributed by atoms with E-state index >= 15 is 0 Å². The summed E-state index contributed by atoms with van der Waals surface area (Å²) < 4.78 is 0. The first-order valence-electron chi connectivity index (χ1n) is 10.3.